The zero-order chi connectivity index (χ0) is 14.4. The highest BCUT2D eigenvalue weighted by molar-refractivity contribution is 5.68. The Morgan fingerprint density at radius 2 is 2.00 bits per heavy atom. The lowest BCUT2D eigenvalue weighted by Gasteiger charge is -2.40. The van der Waals surface area contributed by atoms with Gasteiger partial charge in [-0.05, 0) is 44.7 Å². The molecular formula is C15H28N2O3. The minimum absolute atomic E-state index is 0.0421. The lowest BCUT2D eigenvalue weighted by molar-refractivity contribution is -0.136. The topological polar surface area (TPSA) is 72.8 Å². The minimum atomic E-state index is -0.797. The van der Waals surface area contributed by atoms with E-state index in [1.54, 1.807) is 0 Å². The summed E-state index contributed by atoms with van der Waals surface area (Å²) in [6, 6.07) is 0. The number of nitrogens with zero attached hydrogens (tertiary/aromatic N) is 1. The van der Waals surface area contributed by atoms with Crippen LogP contribution in [0.4, 0.5) is 0 Å². The van der Waals surface area contributed by atoms with E-state index in [1.165, 1.54) is 6.42 Å². The van der Waals surface area contributed by atoms with Crippen LogP contribution in [0.5, 0.6) is 0 Å². The molecule has 1 unspecified atom stereocenters. The number of hydrogen-bond donors (Lipinski definition) is 3. The summed E-state index contributed by atoms with van der Waals surface area (Å²) in [4.78, 5) is 12.9. The molecule has 5 nitrogen and oxygen atoms in total. The molecule has 0 spiro atoms. The van der Waals surface area contributed by atoms with E-state index in [9.17, 15) is 9.90 Å². The van der Waals surface area contributed by atoms with Gasteiger partial charge in [-0.15, -0.1) is 0 Å². The molecule has 0 amide bonds. The highest BCUT2D eigenvalue weighted by Crippen LogP contribution is 2.30. The van der Waals surface area contributed by atoms with Crippen LogP contribution in [0.15, 0.2) is 0 Å². The second kappa shape index (κ2) is 7.38. The van der Waals surface area contributed by atoms with Gasteiger partial charge in [0, 0.05) is 13.1 Å². The maximum atomic E-state index is 10.6. The standard InChI is InChI=1S/C15H28N2O3/c18-14(19)10-16-9-13-5-4-8-17(11-13)12-15(20)6-2-1-3-7-15/h13,16,20H,1-12H2,(H,18,19). The van der Waals surface area contributed by atoms with Crippen LogP contribution in [-0.2, 0) is 4.79 Å². The van der Waals surface area contributed by atoms with Gasteiger partial charge in [-0.25, -0.2) is 0 Å². The van der Waals surface area contributed by atoms with Crippen molar-refractivity contribution < 1.29 is 15.0 Å². The molecule has 1 aliphatic heterocycles. The molecule has 1 saturated carbocycles. The van der Waals surface area contributed by atoms with Crippen LogP contribution in [0.1, 0.15) is 44.9 Å². The summed E-state index contributed by atoms with van der Waals surface area (Å²) in [7, 11) is 0. The first-order valence-electron chi connectivity index (χ1n) is 7.95. The van der Waals surface area contributed by atoms with Crippen molar-refractivity contribution in [3.63, 3.8) is 0 Å². The number of aliphatic hydroxyl groups is 1. The maximum absolute atomic E-state index is 10.6. The smallest absolute Gasteiger partial charge is 0.317 e. The SMILES string of the molecule is O=C(O)CNCC1CCCN(CC2(O)CCCCC2)C1. The average Bonchev–Trinajstić information content (AvgIpc) is 2.39. The molecule has 116 valence electrons. The van der Waals surface area contributed by atoms with E-state index in [0.717, 1.165) is 64.7 Å². The third kappa shape index (κ3) is 5.04. The average molecular weight is 284 g/mol. The second-order valence-electron chi connectivity index (χ2n) is 6.55. The van der Waals surface area contributed by atoms with E-state index in [-0.39, 0.29) is 6.54 Å². The van der Waals surface area contributed by atoms with Crippen LogP contribution in [0, 0.1) is 5.92 Å². The molecule has 5 heteroatoms. The molecule has 0 aromatic carbocycles. The van der Waals surface area contributed by atoms with Gasteiger partial charge in [0.05, 0.1) is 12.1 Å². The Bertz CT molecular complexity index is 316. The molecule has 1 aliphatic carbocycles. The van der Waals surface area contributed by atoms with Gasteiger partial charge in [-0.1, -0.05) is 19.3 Å². The van der Waals surface area contributed by atoms with E-state index < -0.39 is 11.6 Å². The predicted molar refractivity (Wildman–Crippen MR) is 77.7 cm³/mol. The number of rotatable bonds is 6. The fourth-order valence-corrected chi connectivity index (χ4v) is 3.63. The van der Waals surface area contributed by atoms with Crippen LogP contribution < -0.4 is 5.32 Å². The Kier molecular flexibility index (Phi) is 5.81. The molecule has 1 heterocycles. The zero-order valence-corrected chi connectivity index (χ0v) is 12.3. The Morgan fingerprint density at radius 1 is 1.25 bits per heavy atom. The van der Waals surface area contributed by atoms with Crippen LogP contribution >= 0.6 is 0 Å². The first-order chi connectivity index (χ1) is 9.57. The summed E-state index contributed by atoms with van der Waals surface area (Å²) < 4.78 is 0. The number of hydrogen-bond acceptors (Lipinski definition) is 4. The fourth-order valence-electron chi connectivity index (χ4n) is 3.63. The van der Waals surface area contributed by atoms with Gasteiger partial charge >= 0.3 is 5.97 Å². The normalized spacial score (nSPS) is 27.4. The highest BCUT2D eigenvalue weighted by Gasteiger charge is 2.32. The number of piperidine rings is 1. The summed E-state index contributed by atoms with van der Waals surface area (Å²) in [5.41, 5.74) is -0.478. The number of aliphatic carboxylic acids is 1. The Labute approximate surface area is 121 Å². The zero-order valence-electron chi connectivity index (χ0n) is 12.3. The second-order valence-corrected chi connectivity index (χ2v) is 6.55. The highest BCUT2D eigenvalue weighted by atomic mass is 16.4. The molecule has 2 fully saturated rings. The molecule has 2 rings (SSSR count). The number of nitrogens with one attached hydrogen (secondary N) is 1. The number of carboxylic acid groups (broad SMARTS) is 1. The first kappa shape index (κ1) is 15.7. The summed E-state index contributed by atoms with van der Waals surface area (Å²) in [5.74, 6) is -0.288. The number of carbonyl (C=O) groups is 1. The van der Waals surface area contributed by atoms with Crippen molar-refractivity contribution in [3.8, 4) is 0 Å². The molecule has 0 bridgehead atoms. The first-order valence-corrected chi connectivity index (χ1v) is 7.95. The molecule has 3 N–H and O–H groups in total. The van der Waals surface area contributed by atoms with Gasteiger partial charge in [-0.3, -0.25) is 4.79 Å². The van der Waals surface area contributed by atoms with Gasteiger partial charge in [-0.2, -0.15) is 0 Å². The van der Waals surface area contributed by atoms with Gasteiger partial charge in [0.15, 0.2) is 0 Å². The third-order valence-corrected chi connectivity index (χ3v) is 4.61. The number of likely N-dealkylation sites (tertiary alicyclic amines) is 1. The van der Waals surface area contributed by atoms with Crippen molar-refractivity contribution in [1.29, 1.82) is 0 Å². The van der Waals surface area contributed by atoms with Crippen molar-refractivity contribution >= 4 is 5.97 Å². The minimum Gasteiger partial charge on any atom is -0.480 e. The third-order valence-electron chi connectivity index (χ3n) is 4.61. The molecule has 1 saturated heterocycles. The monoisotopic (exact) mass is 284 g/mol. The van der Waals surface area contributed by atoms with E-state index in [2.05, 4.69) is 10.2 Å². The molecular weight excluding hydrogens is 256 g/mol. The van der Waals surface area contributed by atoms with Gasteiger partial charge in [0.25, 0.3) is 0 Å². The van der Waals surface area contributed by atoms with Crippen LogP contribution in [-0.4, -0.2) is 59.4 Å². The van der Waals surface area contributed by atoms with Crippen LogP contribution in [0.3, 0.4) is 0 Å². The van der Waals surface area contributed by atoms with E-state index in [0.29, 0.717) is 5.92 Å². The van der Waals surface area contributed by atoms with E-state index in [1.807, 2.05) is 0 Å². The summed E-state index contributed by atoms with van der Waals surface area (Å²) in [6.45, 7) is 3.65. The number of carboxylic acids is 1. The van der Waals surface area contributed by atoms with Crippen molar-refractivity contribution in [2.24, 2.45) is 5.92 Å². The fraction of sp³-hybridized carbons (Fsp3) is 0.933. The van der Waals surface area contributed by atoms with Gasteiger partial charge < -0.3 is 20.4 Å². The van der Waals surface area contributed by atoms with Gasteiger partial charge in [0.1, 0.15) is 0 Å². The largest absolute Gasteiger partial charge is 0.480 e. The van der Waals surface area contributed by atoms with Crippen molar-refractivity contribution in [2.75, 3.05) is 32.7 Å². The maximum Gasteiger partial charge on any atom is 0.317 e. The molecule has 1 atom stereocenters. The van der Waals surface area contributed by atoms with Crippen LogP contribution in [0.2, 0.25) is 0 Å². The van der Waals surface area contributed by atoms with E-state index >= 15 is 0 Å². The van der Waals surface area contributed by atoms with Crippen LogP contribution in [0.25, 0.3) is 0 Å². The van der Waals surface area contributed by atoms with Crippen molar-refractivity contribution in [2.45, 2.75) is 50.5 Å². The molecule has 2 aliphatic rings. The lowest BCUT2D eigenvalue weighted by atomic mass is 9.84. The molecule has 0 aromatic heterocycles. The summed E-state index contributed by atoms with van der Waals surface area (Å²) in [5, 5.41) is 22.3. The molecule has 0 aromatic rings. The molecule has 20 heavy (non-hydrogen) atoms. The van der Waals surface area contributed by atoms with E-state index in [4.69, 9.17) is 5.11 Å². The summed E-state index contributed by atoms with van der Waals surface area (Å²) >= 11 is 0. The van der Waals surface area contributed by atoms with Gasteiger partial charge in [0.2, 0.25) is 0 Å². The van der Waals surface area contributed by atoms with Crippen molar-refractivity contribution in [3.05, 3.63) is 0 Å². The number of β-amino-alcohol motifs (C(OH)–C–C–N with tert-alkyl or cyclic N) is 1. The lowest BCUT2D eigenvalue weighted by Crippen LogP contribution is -2.49. The Balaban J connectivity index is 1.73. The Hall–Kier alpha value is -0.650. The quantitative estimate of drug-likeness (QED) is 0.680. The van der Waals surface area contributed by atoms with Crippen molar-refractivity contribution in [1.82, 2.24) is 10.2 Å². The predicted octanol–water partition coefficient (Wildman–Crippen LogP) is 1.07. The Morgan fingerprint density at radius 3 is 2.70 bits per heavy atom. The summed E-state index contributed by atoms with van der Waals surface area (Å²) in [6.07, 6.45) is 7.72. The molecule has 0 radical (unpaired) electrons.